The second-order valence-corrected chi connectivity index (χ2v) is 3.23. The van der Waals surface area contributed by atoms with Crippen molar-refractivity contribution in [2.45, 2.75) is 24.5 Å². The number of hydrogen-bond acceptors (Lipinski definition) is 3. The van der Waals surface area contributed by atoms with Crippen LogP contribution in [0.25, 0.3) is 0 Å². The molecule has 12 heavy (non-hydrogen) atoms. The van der Waals surface area contributed by atoms with Crippen molar-refractivity contribution in [2.75, 3.05) is 13.6 Å². The fourth-order valence-electron chi connectivity index (χ4n) is 1.62. The molecule has 1 unspecified atom stereocenters. The number of piperidine rings is 1. The maximum atomic E-state index is 10.6. The van der Waals surface area contributed by atoms with E-state index in [4.69, 9.17) is 6.42 Å². The van der Waals surface area contributed by atoms with Gasteiger partial charge in [-0.05, 0) is 26.4 Å². The van der Waals surface area contributed by atoms with Crippen molar-refractivity contribution < 1.29 is 9.90 Å². The number of aldehydes is 1. The molecule has 1 rings (SSSR count). The molecule has 1 aliphatic rings. The number of hydrogen-bond donors (Lipinski definition) is 1. The van der Waals surface area contributed by atoms with Crippen LogP contribution in [0, 0.1) is 12.3 Å². The van der Waals surface area contributed by atoms with Crippen LogP contribution in [0.1, 0.15) is 12.8 Å². The van der Waals surface area contributed by atoms with E-state index in [9.17, 15) is 9.90 Å². The van der Waals surface area contributed by atoms with E-state index in [0.717, 1.165) is 19.3 Å². The first-order chi connectivity index (χ1) is 5.64. The summed E-state index contributed by atoms with van der Waals surface area (Å²) in [4.78, 5) is 12.4. The van der Waals surface area contributed by atoms with Gasteiger partial charge in [-0.3, -0.25) is 4.90 Å². The van der Waals surface area contributed by atoms with Crippen molar-refractivity contribution in [3.63, 3.8) is 0 Å². The molecule has 1 saturated heterocycles. The minimum Gasteiger partial charge on any atom is -0.375 e. The van der Waals surface area contributed by atoms with E-state index in [2.05, 4.69) is 5.92 Å². The van der Waals surface area contributed by atoms with Gasteiger partial charge in [0.15, 0.2) is 0 Å². The molecule has 0 amide bonds. The van der Waals surface area contributed by atoms with Gasteiger partial charge < -0.3 is 9.90 Å². The highest BCUT2D eigenvalue weighted by Gasteiger charge is 2.40. The van der Waals surface area contributed by atoms with Crippen LogP contribution >= 0.6 is 0 Å². The summed E-state index contributed by atoms with van der Waals surface area (Å²) >= 11 is 0. The molecule has 3 heteroatoms. The number of carbonyl (C=O) groups is 1. The third-order valence-corrected chi connectivity index (χ3v) is 2.41. The van der Waals surface area contributed by atoms with Crippen molar-refractivity contribution in [3.8, 4) is 12.3 Å². The van der Waals surface area contributed by atoms with Crippen LogP contribution < -0.4 is 0 Å². The molecule has 1 heterocycles. The predicted octanol–water partition coefficient (Wildman–Crippen LogP) is -0.356. The number of likely N-dealkylation sites (tertiary alicyclic amines) is 1. The molecule has 66 valence electrons. The Morgan fingerprint density at radius 2 is 2.50 bits per heavy atom. The number of terminal acetylenes is 1. The van der Waals surface area contributed by atoms with Gasteiger partial charge in [0.1, 0.15) is 17.9 Å². The molecule has 0 aromatic heterocycles. The molecule has 2 atom stereocenters. The van der Waals surface area contributed by atoms with Crippen LogP contribution in [0.15, 0.2) is 0 Å². The number of carbonyl (C=O) groups excluding carboxylic acids is 1. The van der Waals surface area contributed by atoms with E-state index in [-0.39, 0.29) is 0 Å². The van der Waals surface area contributed by atoms with Crippen LogP contribution in [-0.2, 0) is 4.79 Å². The minimum atomic E-state index is -1.26. The Kier molecular flexibility index (Phi) is 2.51. The second-order valence-electron chi connectivity index (χ2n) is 3.23. The maximum Gasteiger partial charge on any atom is 0.147 e. The molecule has 0 aromatic carbocycles. The Labute approximate surface area is 72.4 Å². The zero-order chi connectivity index (χ0) is 9.19. The standard InChI is InChI=1S/C9H13NO2/c1-3-9(12)5-4-6-10(2)8(9)7-11/h1,7-8,12H,4-6H2,2H3/t8?,9-/m0/s1. The zero-order valence-electron chi connectivity index (χ0n) is 7.16. The quantitative estimate of drug-likeness (QED) is 0.428. The molecule has 0 aliphatic carbocycles. The Balaban J connectivity index is 2.86. The molecule has 1 aliphatic heterocycles. The van der Waals surface area contributed by atoms with Gasteiger partial charge >= 0.3 is 0 Å². The molecule has 0 bridgehead atoms. The van der Waals surface area contributed by atoms with Gasteiger partial charge in [0, 0.05) is 0 Å². The SMILES string of the molecule is C#C[C@]1(O)CCCN(C)C1C=O. The first-order valence-corrected chi connectivity index (χ1v) is 4.00. The molecule has 0 saturated carbocycles. The lowest BCUT2D eigenvalue weighted by molar-refractivity contribution is -0.121. The lowest BCUT2D eigenvalue weighted by atomic mass is 9.86. The molecule has 3 nitrogen and oxygen atoms in total. The van der Waals surface area contributed by atoms with Gasteiger partial charge in [0.25, 0.3) is 0 Å². The number of nitrogens with zero attached hydrogens (tertiary/aromatic N) is 1. The van der Waals surface area contributed by atoms with Gasteiger partial charge in [0.05, 0.1) is 0 Å². The van der Waals surface area contributed by atoms with Crippen molar-refractivity contribution in [1.82, 2.24) is 4.90 Å². The summed E-state index contributed by atoms with van der Waals surface area (Å²) in [6.07, 6.45) is 7.25. The molecular weight excluding hydrogens is 154 g/mol. The van der Waals surface area contributed by atoms with Gasteiger partial charge in [-0.1, -0.05) is 5.92 Å². The minimum absolute atomic E-state index is 0.511. The third kappa shape index (κ3) is 1.36. The largest absolute Gasteiger partial charge is 0.375 e. The Morgan fingerprint density at radius 1 is 1.83 bits per heavy atom. The molecule has 0 aromatic rings. The van der Waals surface area contributed by atoms with Crippen molar-refractivity contribution in [1.29, 1.82) is 0 Å². The highest BCUT2D eigenvalue weighted by atomic mass is 16.3. The Hall–Kier alpha value is -0.850. The van der Waals surface area contributed by atoms with Gasteiger partial charge in [-0.25, -0.2) is 0 Å². The Bertz CT molecular complexity index is 221. The van der Waals surface area contributed by atoms with Gasteiger partial charge in [-0.2, -0.15) is 0 Å². The van der Waals surface area contributed by atoms with Crippen LogP contribution in [-0.4, -0.2) is 41.5 Å². The first-order valence-electron chi connectivity index (χ1n) is 4.00. The number of rotatable bonds is 1. The van der Waals surface area contributed by atoms with Crippen LogP contribution in [0.3, 0.4) is 0 Å². The summed E-state index contributed by atoms with van der Waals surface area (Å²) in [7, 11) is 1.79. The van der Waals surface area contributed by atoms with Crippen molar-refractivity contribution in [3.05, 3.63) is 0 Å². The van der Waals surface area contributed by atoms with Crippen molar-refractivity contribution >= 4 is 6.29 Å². The summed E-state index contributed by atoms with van der Waals surface area (Å²) in [5, 5.41) is 9.80. The summed E-state index contributed by atoms with van der Waals surface area (Å²) in [5.41, 5.74) is -1.26. The third-order valence-electron chi connectivity index (χ3n) is 2.41. The first kappa shape index (κ1) is 9.24. The fraction of sp³-hybridized carbons (Fsp3) is 0.667. The molecule has 0 spiro atoms. The normalized spacial score (nSPS) is 37.2. The summed E-state index contributed by atoms with van der Waals surface area (Å²) in [6.45, 7) is 0.813. The predicted molar refractivity (Wildman–Crippen MR) is 45.5 cm³/mol. The number of likely N-dealkylation sites (N-methyl/N-ethyl adjacent to an activating group) is 1. The molecular formula is C9H13NO2. The highest BCUT2D eigenvalue weighted by molar-refractivity contribution is 5.62. The molecule has 1 fully saturated rings. The molecule has 0 radical (unpaired) electrons. The van der Waals surface area contributed by atoms with Crippen LogP contribution in [0.5, 0.6) is 0 Å². The lowest BCUT2D eigenvalue weighted by Crippen LogP contribution is -2.55. The van der Waals surface area contributed by atoms with E-state index in [0.29, 0.717) is 6.42 Å². The average molecular weight is 167 g/mol. The van der Waals surface area contributed by atoms with Crippen LogP contribution in [0.4, 0.5) is 0 Å². The number of aliphatic hydroxyl groups is 1. The van der Waals surface area contributed by atoms with E-state index < -0.39 is 11.6 Å². The topological polar surface area (TPSA) is 40.5 Å². The summed E-state index contributed by atoms with van der Waals surface area (Å²) in [5.74, 6) is 2.29. The monoisotopic (exact) mass is 167 g/mol. The second kappa shape index (κ2) is 3.26. The van der Waals surface area contributed by atoms with E-state index in [1.54, 1.807) is 11.9 Å². The van der Waals surface area contributed by atoms with Crippen molar-refractivity contribution in [2.24, 2.45) is 0 Å². The van der Waals surface area contributed by atoms with Gasteiger partial charge in [-0.15, -0.1) is 6.42 Å². The Morgan fingerprint density at radius 3 is 2.92 bits per heavy atom. The van der Waals surface area contributed by atoms with Gasteiger partial charge in [0.2, 0.25) is 0 Å². The molecule has 1 N–H and O–H groups in total. The summed E-state index contributed by atoms with van der Waals surface area (Å²) in [6, 6.07) is -0.545. The van der Waals surface area contributed by atoms with E-state index in [1.807, 2.05) is 0 Å². The average Bonchev–Trinajstić information content (AvgIpc) is 2.05. The summed E-state index contributed by atoms with van der Waals surface area (Å²) < 4.78 is 0. The van der Waals surface area contributed by atoms with E-state index in [1.165, 1.54) is 0 Å². The van der Waals surface area contributed by atoms with E-state index >= 15 is 0 Å². The maximum absolute atomic E-state index is 10.6. The van der Waals surface area contributed by atoms with Crippen LogP contribution in [0.2, 0.25) is 0 Å². The fourth-order valence-corrected chi connectivity index (χ4v) is 1.62. The lowest BCUT2D eigenvalue weighted by Gasteiger charge is -2.39. The smallest absolute Gasteiger partial charge is 0.147 e. The highest BCUT2D eigenvalue weighted by Crippen LogP contribution is 2.24. The zero-order valence-corrected chi connectivity index (χ0v) is 7.16.